The predicted molar refractivity (Wildman–Crippen MR) is 92.8 cm³/mol. The Balaban J connectivity index is 1.89. The Morgan fingerprint density at radius 3 is 2.04 bits per heavy atom. The van der Waals surface area contributed by atoms with E-state index in [1.807, 2.05) is 36.4 Å². The molecule has 0 spiro atoms. The van der Waals surface area contributed by atoms with Gasteiger partial charge in [-0.05, 0) is 22.0 Å². The minimum Gasteiger partial charge on any atom is -0.336 e. The van der Waals surface area contributed by atoms with Crippen molar-refractivity contribution >= 4 is 27.5 Å². The van der Waals surface area contributed by atoms with Crippen molar-refractivity contribution in [2.45, 2.75) is 6.54 Å². The van der Waals surface area contributed by atoms with E-state index < -0.39 is 0 Å². The van der Waals surface area contributed by atoms with E-state index in [9.17, 15) is 9.59 Å². The quantitative estimate of drug-likeness (QED) is 0.628. The molecule has 23 heavy (non-hydrogen) atoms. The van der Waals surface area contributed by atoms with Crippen molar-refractivity contribution in [2.75, 3.05) is 0 Å². The molecule has 0 saturated carbocycles. The van der Waals surface area contributed by atoms with Crippen molar-refractivity contribution in [3.8, 4) is 0 Å². The fourth-order valence-electron chi connectivity index (χ4n) is 2.40. The first-order valence-electron chi connectivity index (χ1n) is 7.19. The van der Waals surface area contributed by atoms with Gasteiger partial charge in [0.2, 0.25) is 5.78 Å². The number of aromatic nitrogens is 1. The summed E-state index contributed by atoms with van der Waals surface area (Å²) >= 11 is 3.39. The van der Waals surface area contributed by atoms with Gasteiger partial charge in [-0.3, -0.25) is 9.59 Å². The van der Waals surface area contributed by atoms with Crippen molar-refractivity contribution in [3.05, 3.63) is 94.2 Å². The number of hydrogen-bond acceptors (Lipinski definition) is 2. The summed E-state index contributed by atoms with van der Waals surface area (Å²) in [5, 5.41) is 0. The number of halogens is 1. The van der Waals surface area contributed by atoms with Crippen LogP contribution >= 0.6 is 15.9 Å². The molecule has 2 aromatic carbocycles. The first-order valence-corrected chi connectivity index (χ1v) is 7.98. The van der Waals surface area contributed by atoms with E-state index in [0.29, 0.717) is 16.8 Å². The van der Waals surface area contributed by atoms with Gasteiger partial charge in [-0.1, -0.05) is 60.7 Å². The monoisotopic (exact) mass is 367 g/mol. The Morgan fingerprint density at radius 1 is 0.870 bits per heavy atom. The second kappa shape index (κ2) is 6.75. The lowest BCUT2D eigenvalue weighted by Crippen LogP contribution is -2.15. The van der Waals surface area contributed by atoms with Gasteiger partial charge in [-0.25, -0.2) is 0 Å². The zero-order chi connectivity index (χ0) is 16.2. The first kappa shape index (κ1) is 15.4. The Morgan fingerprint density at radius 2 is 1.43 bits per heavy atom. The number of rotatable bonds is 5. The van der Waals surface area contributed by atoms with Crippen LogP contribution in [0.25, 0.3) is 0 Å². The molecular weight excluding hydrogens is 354 g/mol. The zero-order valence-electron chi connectivity index (χ0n) is 12.3. The maximum absolute atomic E-state index is 12.6. The largest absolute Gasteiger partial charge is 0.336 e. The molecule has 0 aliphatic heterocycles. The molecule has 0 fully saturated rings. The topological polar surface area (TPSA) is 39.1 Å². The number of nitrogens with zero attached hydrogens (tertiary/aromatic N) is 1. The molecule has 3 rings (SSSR count). The van der Waals surface area contributed by atoms with Crippen molar-refractivity contribution in [1.29, 1.82) is 0 Å². The molecule has 0 unspecified atom stereocenters. The minimum atomic E-state index is -0.0999. The van der Waals surface area contributed by atoms with Crippen LogP contribution in [0.5, 0.6) is 0 Å². The summed E-state index contributed by atoms with van der Waals surface area (Å²) in [5.74, 6) is -0.132. The van der Waals surface area contributed by atoms with Crippen LogP contribution in [-0.4, -0.2) is 16.1 Å². The van der Waals surface area contributed by atoms with Crippen molar-refractivity contribution in [2.24, 2.45) is 0 Å². The first-order chi connectivity index (χ1) is 11.1. The molecule has 4 heteroatoms. The standard InChI is InChI=1S/C19H14BrNO2/c20-16-11-17(19(23)15-9-5-2-6-10-15)21(12-16)13-18(22)14-7-3-1-4-8-14/h1-12H,13H2. The van der Waals surface area contributed by atoms with Crippen molar-refractivity contribution in [3.63, 3.8) is 0 Å². The van der Waals surface area contributed by atoms with Gasteiger partial charge >= 0.3 is 0 Å². The molecule has 0 saturated heterocycles. The van der Waals surface area contributed by atoms with Crippen LogP contribution in [0, 0.1) is 0 Å². The smallest absolute Gasteiger partial charge is 0.209 e. The molecule has 3 aromatic rings. The van der Waals surface area contributed by atoms with Gasteiger partial charge in [0, 0.05) is 21.8 Å². The van der Waals surface area contributed by atoms with Crippen molar-refractivity contribution in [1.82, 2.24) is 4.57 Å². The zero-order valence-corrected chi connectivity index (χ0v) is 13.9. The molecule has 1 heterocycles. The van der Waals surface area contributed by atoms with Gasteiger partial charge in [0.05, 0.1) is 12.2 Å². The van der Waals surface area contributed by atoms with Crippen molar-refractivity contribution < 1.29 is 9.59 Å². The molecule has 0 bridgehead atoms. The van der Waals surface area contributed by atoms with E-state index in [0.717, 1.165) is 4.47 Å². The summed E-state index contributed by atoms with van der Waals surface area (Å²) < 4.78 is 2.46. The Labute approximate surface area is 142 Å². The Bertz CT molecular complexity index is 838. The third kappa shape index (κ3) is 3.48. The Kier molecular flexibility index (Phi) is 4.53. The highest BCUT2D eigenvalue weighted by molar-refractivity contribution is 9.10. The van der Waals surface area contributed by atoms with Crippen LogP contribution in [-0.2, 0) is 6.54 Å². The van der Waals surface area contributed by atoms with Crippen LogP contribution in [0.2, 0.25) is 0 Å². The van der Waals surface area contributed by atoms with Gasteiger partial charge in [0.1, 0.15) is 0 Å². The Hall–Kier alpha value is -2.46. The normalized spacial score (nSPS) is 10.5. The molecule has 0 aliphatic rings. The highest BCUT2D eigenvalue weighted by atomic mass is 79.9. The average molecular weight is 368 g/mol. The number of carbonyl (C=O) groups excluding carboxylic acids is 2. The maximum Gasteiger partial charge on any atom is 0.209 e. The van der Waals surface area contributed by atoms with E-state index in [4.69, 9.17) is 0 Å². The fourth-order valence-corrected chi connectivity index (χ4v) is 2.87. The lowest BCUT2D eigenvalue weighted by atomic mass is 10.1. The van der Waals surface area contributed by atoms with Crippen LogP contribution < -0.4 is 0 Å². The van der Waals surface area contributed by atoms with Gasteiger partial charge in [0.15, 0.2) is 5.78 Å². The number of ketones is 2. The molecule has 0 radical (unpaired) electrons. The third-order valence-electron chi connectivity index (χ3n) is 3.54. The second-order valence-corrected chi connectivity index (χ2v) is 6.07. The van der Waals surface area contributed by atoms with E-state index in [1.54, 1.807) is 41.1 Å². The molecule has 114 valence electrons. The van der Waals surface area contributed by atoms with Crippen LogP contribution in [0.1, 0.15) is 26.4 Å². The molecule has 0 atom stereocenters. The SMILES string of the molecule is O=C(Cn1cc(Br)cc1C(=O)c1ccccc1)c1ccccc1. The molecule has 0 aliphatic carbocycles. The van der Waals surface area contributed by atoms with Crippen LogP contribution in [0.15, 0.2) is 77.4 Å². The molecule has 0 amide bonds. The summed E-state index contributed by atoms with van der Waals surface area (Å²) in [5.41, 5.74) is 1.73. The molecular formula is C19H14BrNO2. The number of carbonyl (C=O) groups is 2. The van der Waals surface area contributed by atoms with E-state index in [-0.39, 0.29) is 18.1 Å². The summed E-state index contributed by atoms with van der Waals surface area (Å²) in [4.78, 5) is 25.0. The second-order valence-electron chi connectivity index (χ2n) is 5.16. The highest BCUT2D eigenvalue weighted by Crippen LogP contribution is 2.19. The summed E-state index contributed by atoms with van der Waals surface area (Å²) in [6.45, 7) is 0.128. The molecule has 1 aromatic heterocycles. The summed E-state index contributed by atoms with van der Waals surface area (Å²) in [6.07, 6.45) is 1.76. The van der Waals surface area contributed by atoms with E-state index in [1.165, 1.54) is 0 Å². The maximum atomic E-state index is 12.6. The summed E-state index contributed by atoms with van der Waals surface area (Å²) in [7, 11) is 0. The highest BCUT2D eigenvalue weighted by Gasteiger charge is 2.17. The third-order valence-corrected chi connectivity index (χ3v) is 3.98. The number of hydrogen-bond donors (Lipinski definition) is 0. The predicted octanol–water partition coefficient (Wildman–Crippen LogP) is 4.36. The van der Waals surface area contributed by atoms with Gasteiger partial charge in [-0.2, -0.15) is 0 Å². The van der Waals surface area contributed by atoms with Crippen LogP contribution in [0.4, 0.5) is 0 Å². The number of Topliss-reactive ketones (excluding diaryl/α,β-unsaturated/α-hetero) is 1. The van der Waals surface area contributed by atoms with Gasteiger partial charge < -0.3 is 4.57 Å². The van der Waals surface area contributed by atoms with Crippen LogP contribution in [0.3, 0.4) is 0 Å². The molecule has 0 N–H and O–H groups in total. The lowest BCUT2D eigenvalue weighted by Gasteiger charge is -2.08. The number of benzene rings is 2. The lowest BCUT2D eigenvalue weighted by molar-refractivity contribution is 0.0968. The van der Waals surface area contributed by atoms with Gasteiger partial charge in [-0.15, -0.1) is 0 Å². The minimum absolute atomic E-state index is 0.0317. The van der Waals surface area contributed by atoms with Gasteiger partial charge in [0.25, 0.3) is 0 Å². The average Bonchev–Trinajstić information content (AvgIpc) is 2.96. The molecule has 3 nitrogen and oxygen atoms in total. The fraction of sp³-hybridized carbons (Fsp3) is 0.0526. The summed E-state index contributed by atoms with van der Waals surface area (Å²) in [6, 6.07) is 19.9. The van der Waals surface area contributed by atoms with E-state index >= 15 is 0 Å². The van der Waals surface area contributed by atoms with E-state index in [2.05, 4.69) is 15.9 Å².